The van der Waals surface area contributed by atoms with Crippen molar-refractivity contribution in [1.82, 2.24) is 0 Å². The molecule has 0 aromatic rings. The zero-order chi connectivity index (χ0) is 20.0. The largest absolute Gasteiger partial charge is 0.495 e. The molecule has 3 aliphatic heterocycles. The molecule has 5 heteroatoms. The molecule has 0 aromatic carbocycles. The first-order valence-electron chi connectivity index (χ1n) is 9.98. The van der Waals surface area contributed by atoms with Gasteiger partial charge in [0.25, 0.3) is 0 Å². The molecule has 3 rings (SSSR count). The van der Waals surface area contributed by atoms with Crippen LogP contribution in [-0.2, 0) is 23.8 Å². The average Bonchev–Trinajstić information content (AvgIpc) is 3.07. The Balaban J connectivity index is 1.93. The fraction of sp³-hybridized carbons (Fsp3) is 0.727. The molecule has 3 aliphatic rings. The van der Waals surface area contributed by atoms with Crippen molar-refractivity contribution in [3.05, 3.63) is 23.0 Å². The number of rotatable bonds is 1. The molecule has 0 saturated carbocycles. The molecule has 5 atom stereocenters. The van der Waals surface area contributed by atoms with E-state index < -0.39 is 17.3 Å². The molecule has 2 bridgehead atoms. The molecule has 2 fully saturated rings. The Morgan fingerprint density at radius 2 is 1.96 bits per heavy atom. The second-order valence-electron chi connectivity index (χ2n) is 9.09. The molecule has 27 heavy (non-hydrogen) atoms. The normalized spacial score (nSPS) is 41.1. The van der Waals surface area contributed by atoms with E-state index in [1.54, 1.807) is 0 Å². The van der Waals surface area contributed by atoms with E-state index >= 15 is 0 Å². The lowest BCUT2D eigenvalue weighted by atomic mass is 9.86. The van der Waals surface area contributed by atoms with Crippen LogP contribution in [0, 0.1) is 5.92 Å². The Morgan fingerprint density at radius 1 is 1.26 bits per heavy atom. The lowest BCUT2D eigenvalue weighted by Gasteiger charge is -2.29. The minimum Gasteiger partial charge on any atom is -0.495 e. The fourth-order valence-electron chi connectivity index (χ4n) is 4.44. The average molecular weight is 376 g/mol. The van der Waals surface area contributed by atoms with Gasteiger partial charge in [-0.05, 0) is 58.6 Å². The van der Waals surface area contributed by atoms with Crippen LogP contribution in [-0.4, -0.2) is 35.2 Å². The summed E-state index contributed by atoms with van der Waals surface area (Å²) in [5.74, 6) is 1.05. The summed E-state index contributed by atoms with van der Waals surface area (Å²) in [4.78, 5) is 24.8. The molecule has 0 spiro atoms. The predicted octanol–water partition coefficient (Wildman–Crippen LogP) is 4.25. The maximum Gasteiger partial charge on any atom is 0.303 e. The van der Waals surface area contributed by atoms with Gasteiger partial charge in [-0.25, -0.2) is 0 Å². The van der Waals surface area contributed by atoms with Gasteiger partial charge in [0.1, 0.15) is 23.4 Å². The van der Waals surface area contributed by atoms with Crippen LogP contribution < -0.4 is 0 Å². The summed E-state index contributed by atoms with van der Waals surface area (Å²) in [6.07, 6.45) is 5.13. The quantitative estimate of drug-likeness (QED) is 0.389. The van der Waals surface area contributed by atoms with Crippen LogP contribution in [0.3, 0.4) is 0 Å². The topological polar surface area (TPSA) is 65.1 Å². The summed E-state index contributed by atoms with van der Waals surface area (Å²) >= 11 is 0. The molecular formula is C22H32O5. The number of fused-ring (bicyclic) bond motifs is 3. The molecule has 0 unspecified atom stereocenters. The van der Waals surface area contributed by atoms with Gasteiger partial charge in [0, 0.05) is 25.7 Å². The SMILES string of the molecule is CC(=O)O[C@@]1(C)C/C=C2/O[C@H](C[C@@H]2C)C[C@]2(C)O[C@H]2C(=O)C(=C(C)C)CC1. The third-order valence-electron chi connectivity index (χ3n) is 6.09. The summed E-state index contributed by atoms with van der Waals surface area (Å²) in [6.45, 7) is 11.5. The molecule has 0 N–H and O–H groups in total. The van der Waals surface area contributed by atoms with E-state index in [0.717, 1.165) is 29.7 Å². The van der Waals surface area contributed by atoms with Crippen LogP contribution in [0.25, 0.3) is 0 Å². The highest BCUT2D eigenvalue weighted by Gasteiger charge is 2.58. The molecule has 0 aromatic heterocycles. The van der Waals surface area contributed by atoms with Gasteiger partial charge in [0.2, 0.25) is 0 Å². The van der Waals surface area contributed by atoms with E-state index in [9.17, 15) is 9.59 Å². The summed E-state index contributed by atoms with van der Waals surface area (Å²) in [7, 11) is 0. The van der Waals surface area contributed by atoms with Crippen LogP contribution in [0.2, 0.25) is 0 Å². The summed E-state index contributed by atoms with van der Waals surface area (Å²) in [5.41, 5.74) is 0.698. The maximum absolute atomic E-state index is 13.1. The summed E-state index contributed by atoms with van der Waals surface area (Å²) in [5, 5.41) is 0. The van der Waals surface area contributed by atoms with Crippen LogP contribution in [0.4, 0.5) is 0 Å². The zero-order valence-electron chi connectivity index (χ0n) is 17.4. The van der Waals surface area contributed by atoms with Crippen molar-refractivity contribution < 1.29 is 23.8 Å². The molecule has 0 radical (unpaired) electrons. The summed E-state index contributed by atoms with van der Waals surface area (Å²) < 4.78 is 17.7. The molecule has 150 valence electrons. The standard InChI is InChI=1S/C22H32O5/c1-13(2)17-7-9-21(5,26-15(4)23)10-8-18-14(3)11-16(25-18)12-22(6)20(27-22)19(17)24/h8,14,16,20H,7,9-12H2,1-6H3/b18-8+/t14-,16+,20-,21+,22-/m0/s1. The first-order valence-corrected chi connectivity index (χ1v) is 9.98. The molecule has 3 heterocycles. The second-order valence-corrected chi connectivity index (χ2v) is 9.09. The fourth-order valence-corrected chi connectivity index (χ4v) is 4.44. The predicted molar refractivity (Wildman–Crippen MR) is 102 cm³/mol. The van der Waals surface area contributed by atoms with E-state index in [1.807, 2.05) is 27.7 Å². The number of carbonyl (C=O) groups is 2. The van der Waals surface area contributed by atoms with E-state index in [1.165, 1.54) is 6.92 Å². The van der Waals surface area contributed by atoms with Crippen LogP contribution in [0.15, 0.2) is 23.0 Å². The molecule has 0 aliphatic carbocycles. The van der Waals surface area contributed by atoms with Crippen molar-refractivity contribution >= 4 is 11.8 Å². The monoisotopic (exact) mass is 376 g/mol. The molecule has 2 saturated heterocycles. The summed E-state index contributed by atoms with van der Waals surface area (Å²) in [6, 6.07) is 0. The van der Waals surface area contributed by atoms with Gasteiger partial charge in [0.05, 0.1) is 5.76 Å². The lowest BCUT2D eigenvalue weighted by Crippen LogP contribution is -2.31. The van der Waals surface area contributed by atoms with Gasteiger partial charge in [-0.3, -0.25) is 9.59 Å². The van der Waals surface area contributed by atoms with E-state index in [-0.39, 0.29) is 17.9 Å². The molecule has 5 nitrogen and oxygen atoms in total. The Hall–Kier alpha value is -1.62. The Labute approximate surface area is 162 Å². The van der Waals surface area contributed by atoms with Gasteiger partial charge in [-0.1, -0.05) is 12.5 Å². The number of ketones is 1. The Morgan fingerprint density at radius 3 is 2.59 bits per heavy atom. The van der Waals surface area contributed by atoms with Gasteiger partial charge < -0.3 is 14.2 Å². The number of carbonyl (C=O) groups excluding carboxylic acids is 2. The zero-order valence-corrected chi connectivity index (χ0v) is 17.4. The third-order valence-corrected chi connectivity index (χ3v) is 6.09. The van der Waals surface area contributed by atoms with Gasteiger partial charge in [0.15, 0.2) is 5.78 Å². The highest BCUT2D eigenvalue weighted by Crippen LogP contribution is 2.47. The van der Waals surface area contributed by atoms with Crippen molar-refractivity contribution in [3.8, 4) is 0 Å². The number of epoxide rings is 1. The van der Waals surface area contributed by atoms with E-state index in [0.29, 0.717) is 25.2 Å². The number of esters is 1. The van der Waals surface area contributed by atoms with Crippen molar-refractivity contribution in [1.29, 1.82) is 0 Å². The minimum atomic E-state index is -0.664. The van der Waals surface area contributed by atoms with E-state index in [2.05, 4.69) is 13.0 Å². The van der Waals surface area contributed by atoms with Crippen LogP contribution in [0.1, 0.15) is 73.6 Å². The lowest BCUT2D eigenvalue weighted by molar-refractivity contribution is -0.155. The Bertz CT molecular complexity index is 701. The van der Waals surface area contributed by atoms with Crippen LogP contribution in [0.5, 0.6) is 0 Å². The van der Waals surface area contributed by atoms with Crippen molar-refractivity contribution in [3.63, 3.8) is 0 Å². The van der Waals surface area contributed by atoms with Crippen molar-refractivity contribution in [2.75, 3.05) is 0 Å². The highest BCUT2D eigenvalue weighted by atomic mass is 16.6. The third kappa shape index (κ3) is 4.29. The second kappa shape index (κ2) is 7.08. The van der Waals surface area contributed by atoms with Gasteiger partial charge >= 0.3 is 5.97 Å². The van der Waals surface area contributed by atoms with Gasteiger partial charge in [-0.15, -0.1) is 0 Å². The number of Topliss-reactive ketones (excluding diaryl/α,β-unsaturated/α-hetero) is 1. The molecular weight excluding hydrogens is 344 g/mol. The number of allylic oxidation sites excluding steroid dienone is 2. The van der Waals surface area contributed by atoms with E-state index in [4.69, 9.17) is 14.2 Å². The highest BCUT2D eigenvalue weighted by molar-refractivity contribution is 6.01. The maximum atomic E-state index is 13.1. The van der Waals surface area contributed by atoms with Crippen molar-refractivity contribution in [2.45, 2.75) is 97.1 Å². The number of ether oxygens (including phenoxy) is 3. The van der Waals surface area contributed by atoms with Crippen molar-refractivity contribution in [2.24, 2.45) is 5.92 Å². The number of hydrogen-bond acceptors (Lipinski definition) is 5. The van der Waals surface area contributed by atoms with Gasteiger partial charge in [-0.2, -0.15) is 0 Å². The first kappa shape index (κ1) is 20.1. The smallest absolute Gasteiger partial charge is 0.303 e. The Kier molecular flexibility index (Phi) is 5.28. The molecule has 0 amide bonds. The minimum absolute atomic E-state index is 0.0601. The first-order chi connectivity index (χ1) is 12.5. The number of hydrogen-bond donors (Lipinski definition) is 0. The van der Waals surface area contributed by atoms with Crippen LogP contribution >= 0.6 is 0 Å².